The summed E-state index contributed by atoms with van der Waals surface area (Å²) in [6, 6.07) is 3.76. The van der Waals surface area contributed by atoms with Gasteiger partial charge in [-0.3, -0.25) is 4.79 Å². The topological polar surface area (TPSA) is 66.8 Å². The monoisotopic (exact) mass is 373 g/mol. The highest BCUT2D eigenvalue weighted by molar-refractivity contribution is 5.86. The third kappa shape index (κ3) is 4.55. The van der Waals surface area contributed by atoms with E-state index < -0.39 is 29.7 Å². The van der Waals surface area contributed by atoms with Gasteiger partial charge in [0.25, 0.3) is 0 Å². The van der Waals surface area contributed by atoms with E-state index in [1.165, 1.54) is 24.1 Å². The molecule has 26 heavy (non-hydrogen) atoms. The van der Waals surface area contributed by atoms with Gasteiger partial charge in [0.15, 0.2) is 0 Å². The molecule has 3 atom stereocenters. The molecule has 1 aromatic carbocycles. The molecule has 0 spiro atoms. The van der Waals surface area contributed by atoms with Gasteiger partial charge in [0, 0.05) is 26.0 Å². The van der Waals surface area contributed by atoms with E-state index in [4.69, 9.17) is 4.74 Å². The molecule has 1 amide bonds. The Kier molecular flexibility index (Phi) is 6.28. The number of carbonyl (C=O) groups excluding carboxylic acids is 1. The van der Waals surface area contributed by atoms with Crippen LogP contribution >= 0.6 is 0 Å². The number of carboxylic acid groups (broad SMARTS) is 1. The number of ether oxygens (including phenoxy) is 1. The van der Waals surface area contributed by atoms with Gasteiger partial charge in [-0.05, 0) is 30.5 Å². The molecule has 0 aliphatic carbocycles. The quantitative estimate of drug-likeness (QED) is 0.833. The van der Waals surface area contributed by atoms with Gasteiger partial charge in [0.05, 0.1) is 11.7 Å². The lowest BCUT2D eigenvalue weighted by atomic mass is 9.94. The van der Waals surface area contributed by atoms with Crippen LogP contribution in [0.2, 0.25) is 0 Å². The highest BCUT2D eigenvalue weighted by atomic mass is 19.4. The van der Waals surface area contributed by atoms with E-state index in [1.54, 1.807) is 6.92 Å². The summed E-state index contributed by atoms with van der Waals surface area (Å²) in [5.41, 5.74) is -0.137. The fraction of sp³-hybridized carbons (Fsp3) is 0.556. The van der Waals surface area contributed by atoms with Gasteiger partial charge in [-0.15, -0.1) is 0 Å². The summed E-state index contributed by atoms with van der Waals surface area (Å²) >= 11 is 0. The zero-order valence-electron chi connectivity index (χ0n) is 14.6. The lowest BCUT2D eigenvalue weighted by Crippen LogP contribution is -2.44. The van der Waals surface area contributed by atoms with Crippen LogP contribution in [0.5, 0.6) is 0 Å². The standard InChI is InChI=1S/C18H22F3NO4/c1-3-12(8-11-4-6-13(7-5-11)18(19,20)21)16(23)22-10-14(26-2)9-15(22)17(24)25/h4-7,12,14-15H,3,8-10H2,1-2H3,(H,24,25). The predicted molar refractivity (Wildman–Crippen MR) is 87.5 cm³/mol. The summed E-state index contributed by atoms with van der Waals surface area (Å²) in [5.74, 6) is -1.88. The molecule has 0 saturated carbocycles. The van der Waals surface area contributed by atoms with Gasteiger partial charge in [0.1, 0.15) is 6.04 Å². The van der Waals surface area contributed by atoms with Crippen LogP contribution in [0.1, 0.15) is 30.9 Å². The summed E-state index contributed by atoms with van der Waals surface area (Å²) in [5, 5.41) is 9.34. The Morgan fingerprint density at radius 3 is 2.38 bits per heavy atom. The van der Waals surface area contributed by atoms with Crippen molar-refractivity contribution in [3.8, 4) is 0 Å². The summed E-state index contributed by atoms with van der Waals surface area (Å²) in [6.45, 7) is 2.00. The van der Waals surface area contributed by atoms with Gasteiger partial charge < -0.3 is 14.7 Å². The Morgan fingerprint density at radius 2 is 1.92 bits per heavy atom. The number of carbonyl (C=O) groups is 2. The molecule has 2 rings (SSSR count). The second-order valence-corrected chi connectivity index (χ2v) is 6.44. The van der Waals surface area contributed by atoms with Crippen molar-refractivity contribution in [1.29, 1.82) is 0 Å². The number of benzene rings is 1. The number of hydrogen-bond acceptors (Lipinski definition) is 3. The molecular weight excluding hydrogens is 351 g/mol. The smallest absolute Gasteiger partial charge is 0.416 e. The first-order valence-electron chi connectivity index (χ1n) is 8.39. The van der Waals surface area contributed by atoms with Crippen molar-refractivity contribution in [2.24, 2.45) is 5.92 Å². The van der Waals surface area contributed by atoms with Gasteiger partial charge in [-0.1, -0.05) is 19.1 Å². The maximum absolute atomic E-state index is 12.8. The highest BCUT2D eigenvalue weighted by Gasteiger charge is 2.41. The average Bonchev–Trinajstić information content (AvgIpc) is 3.03. The third-order valence-electron chi connectivity index (χ3n) is 4.77. The lowest BCUT2D eigenvalue weighted by molar-refractivity contribution is -0.150. The minimum absolute atomic E-state index is 0.204. The first-order chi connectivity index (χ1) is 12.2. The maximum atomic E-state index is 12.8. The average molecular weight is 373 g/mol. The van der Waals surface area contributed by atoms with Gasteiger partial charge in [0.2, 0.25) is 5.91 Å². The SMILES string of the molecule is CCC(Cc1ccc(C(F)(F)F)cc1)C(=O)N1CC(OC)CC1C(=O)O. The molecule has 144 valence electrons. The van der Waals surface area contributed by atoms with Crippen molar-refractivity contribution < 1.29 is 32.6 Å². The zero-order valence-corrected chi connectivity index (χ0v) is 14.6. The van der Waals surface area contributed by atoms with E-state index in [-0.39, 0.29) is 31.4 Å². The molecule has 1 aliphatic heterocycles. The van der Waals surface area contributed by atoms with Crippen LogP contribution in [-0.4, -0.2) is 47.7 Å². The van der Waals surface area contributed by atoms with Crippen molar-refractivity contribution in [1.82, 2.24) is 4.90 Å². The van der Waals surface area contributed by atoms with E-state index in [2.05, 4.69) is 0 Å². The summed E-state index contributed by atoms with van der Waals surface area (Å²) in [4.78, 5) is 25.5. The molecule has 1 aromatic rings. The normalized spacial score (nSPS) is 21.7. The molecule has 0 bridgehead atoms. The summed E-state index contributed by atoms with van der Waals surface area (Å²) < 4.78 is 43.1. The predicted octanol–water partition coefficient (Wildman–Crippen LogP) is 2.97. The number of halogens is 3. The molecule has 3 unspecified atom stereocenters. The van der Waals surface area contributed by atoms with E-state index in [0.29, 0.717) is 12.0 Å². The number of rotatable bonds is 6. The molecule has 1 fully saturated rings. The van der Waals surface area contributed by atoms with Crippen LogP contribution < -0.4 is 0 Å². The number of aliphatic carboxylic acids is 1. The number of likely N-dealkylation sites (tertiary alicyclic amines) is 1. The first-order valence-corrected chi connectivity index (χ1v) is 8.39. The minimum Gasteiger partial charge on any atom is -0.480 e. The van der Waals surface area contributed by atoms with E-state index in [1.807, 2.05) is 0 Å². The Balaban J connectivity index is 2.12. The van der Waals surface area contributed by atoms with Gasteiger partial charge in [-0.2, -0.15) is 13.2 Å². The van der Waals surface area contributed by atoms with Crippen molar-refractivity contribution >= 4 is 11.9 Å². The molecule has 5 nitrogen and oxygen atoms in total. The molecule has 0 radical (unpaired) electrons. The van der Waals surface area contributed by atoms with E-state index in [0.717, 1.165) is 12.1 Å². The van der Waals surface area contributed by atoms with Crippen LogP contribution in [0.4, 0.5) is 13.2 Å². The third-order valence-corrected chi connectivity index (χ3v) is 4.77. The Bertz CT molecular complexity index is 645. The van der Waals surface area contributed by atoms with Gasteiger partial charge >= 0.3 is 12.1 Å². The van der Waals surface area contributed by atoms with Crippen molar-refractivity contribution in [3.05, 3.63) is 35.4 Å². The molecule has 1 N–H and O–H groups in total. The van der Waals surface area contributed by atoms with Crippen molar-refractivity contribution in [3.63, 3.8) is 0 Å². The lowest BCUT2D eigenvalue weighted by Gasteiger charge is -2.26. The van der Waals surface area contributed by atoms with Crippen LogP contribution in [0.3, 0.4) is 0 Å². The maximum Gasteiger partial charge on any atom is 0.416 e. The number of hydrogen-bond donors (Lipinski definition) is 1. The second kappa shape index (κ2) is 8.07. The Morgan fingerprint density at radius 1 is 1.31 bits per heavy atom. The molecular formula is C18H22F3NO4. The Hall–Kier alpha value is -2.09. The number of nitrogens with zero attached hydrogens (tertiary/aromatic N) is 1. The number of amides is 1. The van der Waals surface area contributed by atoms with Crippen LogP contribution in [0, 0.1) is 5.92 Å². The number of alkyl halides is 3. The van der Waals surface area contributed by atoms with Crippen molar-refractivity contribution in [2.45, 2.75) is 44.5 Å². The Labute approximate surface area is 149 Å². The minimum atomic E-state index is -4.40. The summed E-state index contributed by atoms with van der Waals surface area (Å²) in [7, 11) is 1.47. The molecule has 8 heteroatoms. The van der Waals surface area contributed by atoms with Gasteiger partial charge in [-0.25, -0.2) is 4.79 Å². The van der Waals surface area contributed by atoms with E-state index >= 15 is 0 Å². The second-order valence-electron chi connectivity index (χ2n) is 6.44. The molecule has 1 saturated heterocycles. The first kappa shape index (κ1) is 20.2. The summed E-state index contributed by atoms with van der Waals surface area (Å²) in [6.07, 6.45) is -3.79. The fourth-order valence-electron chi connectivity index (χ4n) is 3.20. The number of methoxy groups -OCH3 is 1. The highest BCUT2D eigenvalue weighted by Crippen LogP contribution is 2.30. The van der Waals surface area contributed by atoms with Crippen LogP contribution in [-0.2, 0) is 26.9 Å². The van der Waals surface area contributed by atoms with Crippen LogP contribution in [0.25, 0.3) is 0 Å². The van der Waals surface area contributed by atoms with Crippen molar-refractivity contribution in [2.75, 3.05) is 13.7 Å². The molecule has 0 aromatic heterocycles. The largest absolute Gasteiger partial charge is 0.480 e. The van der Waals surface area contributed by atoms with Crippen LogP contribution in [0.15, 0.2) is 24.3 Å². The fourth-order valence-corrected chi connectivity index (χ4v) is 3.20. The zero-order chi connectivity index (χ0) is 19.5. The van der Waals surface area contributed by atoms with E-state index in [9.17, 15) is 27.9 Å². The molecule has 1 heterocycles. The number of carboxylic acids is 1. The molecule has 1 aliphatic rings.